The zero-order chi connectivity index (χ0) is 25.1. The third-order valence-corrected chi connectivity index (χ3v) is 7.17. The van der Waals surface area contributed by atoms with Crippen LogP contribution in [-0.2, 0) is 25.8 Å². The van der Waals surface area contributed by atoms with Gasteiger partial charge < -0.3 is 0 Å². The van der Waals surface area contributed by atoms with Crippen molar-refractivity contribution < 1.29 is 51.2 Å². The average molecular weight is 704 g/mol. The van der Waals surface area contributed by atoms with Gasteiger partial charge in [0.05, 0.1) is 0 Å². The molecule has 0 aliphatic carbocycles. The molecule has 18 nitrogen and oxygen atoms in total. The van der Waals surface area contributed by atoms with Crippen molar-refractivity contribution in [3.63, 3.8) is 0 Å². The van der Waals surface area contributed by atoms with Gasteiger partial charge in [0.25, 0.3) is 0 Å². The summed E-state index contributed by atoms with van der Waals surface area (Å²) in [4.78, 5) is 40.6. The molecule has 0 fully saturated rings. The number of nitro benzene ring substituents is 2. The summed E-state index contributed by atoms with van der Waals surface area (Å²) in [6, 6.07) is 3.35. The molecule has 0 unspecified atom stereocenters. The Bertz CT molecular complexity index is 1290. The number of hydrogen-bond donors (Lipinski definition) is 2. The summed E-state index contributed by atoms with van der Waals surface area (Å²) in [5, 5.41) is 21.7. The number of non-ortho nitro benzene ring substituents is 2. The Morgan fingerprint density at radius 3 is 1.30 bits per heavy atom. The maximum absolute atomic E-state index is 12.1. The van der Waals surface area contributed by atoms with Gasteiger partial charge in [0.2, 0.25) is 0 Å². The van der Waals surface area contributed by atoms with Gasteiger partial charge >= 0.3 is 196 Å². The van der Waals surface area contributed by atoms with Gasteiger partial charge in [-0.25, -0.2) is 0 Å². The van der Waals surface area contributed by atoms with E-state index in [2.05, 4.69) is 5.58 Å². The molecule has 0 bridgehead atoms. The van der Waals surface area contributed by atoms with Gasteiger partial charge in [-0.15, -0.1) is 0 Å². The molecule has 0 atom stereocenters. The van der Waals surface area contributed by atoms with Crippen molar-refractivity contribution in [2.75, 3.05) is 0 Å². The molecule has 2 N–H and O–H groups in total. The summed E-state index contributed by atoms with van der Waals surface area (Å²) in [6.07, 6.45) is 0. The van der Waals surface area contributed by atoms with E-state index < -0.39 is 97.6 Å². The molecule has 0 amide bonds. The molecule has 2 rings (SSSR count). The van der Waals surface area contributed by atoms with Crippen LogP contribution >= 0.6 is 0 Å². The zero-order valence-corrected chi connectivity index (χ0v) is 20.9. The molecular weight excluding hydrogens is 695 g/mol. The molecule has 0 spiro atoms. The first kappa shape index (κ1) is 26.0. The first-order valence-electron chi connectivity index (χ1n) is 7.68. The monoisotopic (exact) mass is 704 g/mol. The number of rotatable bonds is 10. The van der Waals surface area contributed by atoms with E-state index in [0.717, 1.165) is 0 Å². The van der Waals surface area contributed by atoms with Crippen molar-refractivity contribution in [1.29, 1.82) is 0 Å². The SMILES string of the molecule is O=[N+]([O-])c1ccc(S(=O)(=O)O)c([N+](=O)[O][Pb][O][N+](=O)c2cc([N+](=O)[O-])ccc2S(=O)(=O)O)c1. The molecule has 0 heterocycles. The number of benzene rings is 2. The van der Waals surface area contributed by atoms with E-state index in [9.17, 15) is 46.9 Å². The molecule has 0 aromatic heterocycles. The fourth-order valence-electron chi connectivity index (χ4n) is 2.14. The van der Waals surface area contributed by atoms with Gasteiger partial charge in [-0.2, -0.15) is 0 Å². The Hall–Kier alpha value is -3.22. The predicted octanol–water partition coefficient (Wildman–Crippen LogP) is 0.915. The molecule has 2 aromatic rings. The zero-order valence-electron chi connectivity index (χ0n) is 15.4. The standard InChI is InChI=1S/2C6H4N2O7S.Pb/c2*9-7(10)4-1-2-6(16(13,14)15)5(3-4)8(11)12;/h2*1-3H,(H,13,14,15);/q;;+2. The third kappa shape index (κ3) is 6.40. The van der Waals surface area contributed by atoms with Crippen LogP contribution in [0.3, 0.4) is 0 Å². The molecular formula is C12H8N4O14PbS2+2. The minimum absolute atomic E-state index is 0.450. The van der Waals surface area contributed by atoms with Crippen LogP contribution in [-0.4, -0.2) is 70.8 Å². The summed E-state index contributed by atoms with van der Waals surface area (Å²) in [5.74, 6) is 0. The normalized spacial score (nSPS) is 11.5. The van der Waals surface area contributed by atoms with Gasteiger partial charge in [-0.3, -0.25) is 0 Å². The second-order valence-corrected chi connectivity index (χ2v) is 10.4. The summed E-state index contributed by atoms with van der Waals surface area (Å²) in [6.45, 7) is 0. The van der Waals surface area contributed by atoms with Gasteiger partial charge in [-0.1, -0.05) is 0 Å². The Labute approximate surface area is 195 Å². The molecule has 0 saturated carbocycles. The topological polar surface area (TPSA) is 254 Å². The second-order valence-electron chi connectivity index (χ2n) is 5.55. The Balaban J connectivity index is 2.28. The van der Waals surface area contributed by atoms with Crippen LogP contribution in [0.2, 0.25) is 0 Å². The van der Waals surface area contributed by atoms with Crippen LogP contribution in [0.5, 0.6) is 0 Å². The van der Waals surface area contributed by atoms with Crippen molar-refractivity contribution in [1.82, 2.24) is 0 Å². The van der Waals surface area contributed by atoms with Gasteiger partial charge in [0, 0.05) is 0 Å². The second kappa shape index (κ2) is 9.73. The summed E-state index contributed by atoms with van der Waals surface area (Å²) < 4.78 is 73.0. The first-order chi connectivity index (χ1) is 15.1. The van der Waals surface area contributed by atoms with Crippen molar-refractivity contribution in [2.24, 2.45) is 0 Å². The summed E-state index contributed by atoms with van der Waals surface area (Å²) in [5.41, 5.74) is -3.57. The van der Waals surface area contributed by atoms with E-state index in [0.29, 0.717) is 36.4 Å². The Kier molecular flexibility index (Phi) is 7.68. The van der Waals surface area contributed by atoms with E-state index in [-0.39, 0.29) is 0 Å². The van der Waals surface area contributed by atoms with E-state index in [1.165, 1.54) is 0 Å². The molecule has 0 aliphatic heterocycles. The van der Waals surface area contributed by atoms with Crippen LogP contribution in [0.15, 0.2) is 46.2 Å². The predicted molar refractivity (Wildman–Crippen MR) is 100 cm³/mol. The van der Waals surface area contributed by atoms with Gasteiger partial charge in [0.15, 0.2) is 0 Å². The number of nitro groups is 2. The molecule has 2 radical (unpaired) electrons. The van der Waals surface area contributed by atoms with E-state index in [1.807, 2.05) is 0 Å². The van der Waals surface area contributed by atoms with Crippen molar-refractivity contribution >= 4 is 68.1 Å². The minimum atomic E-state index is -5.03. The van der Waals surface area contributed by atoms with Gasteiger partial charge in [0.1, 0.15) is 0 Å². The quantitative estimate of drug-likeness (QED) is 0.151. The van der Waals surface area contributed by atoms with Crippen molar-refractivity contribution in [2.45, 2.75) is 9.79 Å². The summed E-state index contributed by atoms with van der Waals surface area (Å²) in [7, 11) is -10.1. The Morgan fingerprint density at radius 2 is 1.03 bits per heavy atom. The maximum atomic E-state index is 12.1. The van der Waals surface area contributed by atoms with Crippen LogP contribution in [0.25, 0.3) is 0 Å². The van der Waals surface area contributed by atoms with Gasteiger partial charge in [-0.05, 0) is 0 Å². The molecule has 174 valence electrons. The van der Waals surface area contributed by atoms with Crippen molar-refractivity contribution in [3.8, 4) is 0 Å². The first-order valence-corrected chi connectivity index (χ1v) is 13.7. The molecule has 21 heteroatoms. The van der Waals surface area contributed by atoms with E-state index >= 15 is 0 Å². The number of hydrogen-bond acceptors (Lipinski definition) is 12. The number of nitrogens with zero attached hydrogens (tertiary/aromatic N) is 4. The summed E-state index contributed by atoms with van der Waals surface area (Å²) >= 11 is -3.39. The fourth-order valence-corrected chi connectivity index (χ4v) is 4.84. The molecule has 33 heavy (non-hydrogen) atoms. The van der Waals surface area contributed by atoms with Crippen LogP contribution in [0.4, 0.5) is 22.7 Å². The molecule has 0 saturated heterocycles. The average Bonchev–Trinajstić information content (AvgIpc) is 2.71. The van der Waals surface area contributed by atoms with Crippen LogP contribution in [0, 0.1) is 30.0 Å². The molecule has 0 aliphatic rings. The van der Waals surface area contributed by atoms with Crippen LogP contribution < -0.4 is 0 Å². The molecule has 2 aromatic carbocycles. The third-order valence-electron chi connectivity index (χ3n) is 3.50. The van der Waals surface area contributed by atoms with Crippen molar-refractivity contribution in [3.05, 3.63) is 66.4 Å². The Morgan fingerprint density at radius 1 is 0.697 bits per heavy atom. The van der Waals surface area contributed by atoms with E-state index in [4.69, 9.17) is 9.11 Å². The van der Waals surface area contributed by atoms with Crippen LogP contribution in [0.1, 0.15) is 0 Å². The van der Waals surface area contributed by atoms with E-state index in [1.54, 1.807) is 0 Å². The fraction of sp³-hybridized carbons (Fsp3) is 0.